The number of benzene rings is 2. The number of amides is 2. The average molecular weight is 346 g/mol. The molecule has 0 saturated heterocycles. The largest absolute Gasteiger partial charge is 0.325 e. The maximum atomic E-state index is 13.4. The van der Waals surface area contributed by atoms with Crippen molar-refractivity contribution in [3.8, 4) is 0 Å². The third-order valence-electron chi connectivity index (χ3n) is 3.29. The molecule has 126 valence electrons. The number of aryl methyl sites for hydroxylation is 1. The molecule has 2 aromatic rings. The van der Waals surface area contributed by atoms with E-state index in [4.69, 9.17) is 0 Å². The molecule has 0 aliphatic heterocycles. The van der Waals surface area contributed by atoms with Crippen molar-refractivity contribution < 1.29 is 14.0 Å². The van der Waals surface area contributed by atoms with Crippen LogP contribution in [0.5, 0.6) is 0 Å². The lowest BCUT2D eigenvalue weighted by Crippen LogP contribution is -2.19. The maximum Gasteiger partial charge on any atom is 0.234 e. The van der Waals surface area contributed by atoms with E-state index in [0.29, 0.717) is 0 Å². The van der Waals surface area contributed by atoms with E-state index in [-0.39, 0.29) is 29.0 Å². The summed E-state index contributed by atoms with van der Waals surface area (Å²) in [5, 5.41) is 5.33. The smallest absolute Gasteiger partial charge is 0.234 e. The highest BCUT2D eigenvalue weighted by molar-refractivity contribution is 8.00. The van der Waals surface area contributed by atoms with Gasteiger partial charge in [-0.25, -0.2) is 4.39 Å². The molecule has 2 aromatic carbocycles. The van der Waals surface area contributed by atoms with Gasteiger partial charge >= 0.3 is 0 Å². The Morgan fingerprint density at radius 3 is 2.08 bits per heavy atom. The van der Waals surface area contributed by atoms with Crippen LogP contribution in [-0.2, 0) is 16.0 Å². The van der Waals surface area contributed by atoms with Crippen LogP contribution in [0.25, 0.3) is 0 Å². The predicted molar refractivity (Wildman–Crippen MR) is 96.8 cm³/mol. The SMILES string of the molecule is CCc1ccccc1NC(=O)CSCC(=O)Nc1ccccc1F. The first-order valence-corrected chi connectivity index (χ1v) is 8.75. The second-order valence-corrected chi connectivity index (χ2v) is 6.07. The normalized spacial score (nSPS) is 10.2. The molecular weight excluding hydrogens is 327 g/mol. The van der Waals surface area contributed by atoms with Gasteiger partial charge in [0.1, 0.15) is 5.82 Å². The molecular formula is C18H19FN2O2S. The number of nitrogens with one attached hydrogen (secondary N) is 2. The second-order valence-electron chi connectivity index (χ2n) is 5.08. The molecule has 2 N–H and O–H groups in total. The minimum absolute atomic E-state index is 0.0805. The first-order valence-electron chi connectivity index (χ1n) is 7.60. The first kappa shape index (κ1) is 18.0. The van der Waals surface area contributed by atoms with Gasteiger partial charge in [0.25, 0.3) is 0 Å². The lowest BCUT2D eigenvalue weighted by molar-refractivity contribution is -0.114. The Morgan fingerprint density at radius 2 is 1.46 bits per heavy atom. The summed E-state index contributed by atoms with van der Waals surface area (Å²) in [6.07, 6.45) is 0.828. The van der Waals surface area contributed by atoms with Crippen LogP contribution in [-0.4, -0.2) is 23.3 Å². The molecule has 4 nitrogen and oxygen atoms in total. The highest BCUT2D eigenvalue weighted by Gasteiger charge is 2.09. The minimum Gasteiger partial charge on any atom is -0.325 e. The van der Waals surface area contributed by atoms with Crippen LogP contribution < -0.4 is 10.6 Å². The minimum atomic E-state index is -0.482. The number of carbonyl (C=O) groups excluding carboxylic acids is 2. The van der Waals surface area contributed by atoms with Crippen molar-refractivity contribution in [3.05, 3.63) is 59.9 Å². The Hall–Kier alpha value is -2.34. The Kier molecular flexibility index (Phi) is 6.81. The van der Waals surface area contributed by atoms with Crippen molar-refractivity contribution in [3.63, 3.8) is 0 Å². The lowest BCUT2D eigenvalue weighted by atomic mass is 10.1. The molecule has 24 heavy (non-hydrogen) atoms. The number of anilines is 2. The third kappa shape index (κ3) is 5.38. The molecule has 0 spiro atoms. The molecule has 0 bridgehead atoms. The molecule has 0 saturated carbocycles. The zero-order valence-electron chi connectivity index (χ0n) is 13.3. The average Bonchev–Trinajstić information content (AvgIpc) is 2.57. The van der Waals surface area contributed by atoms with Crippen LogP contribution >= 0.6 is 11.8 Å². The van der Waals surface area contributed by atoms with Crippen LogP contribution in [0.1, 0.15) is 12.5 Å². The number of rotatable bonds is 7. The van der Waals surface area contributed by atoms with Crippen LogP contribution in [0.2, 0.25) is 0 Å². The predicted octanol–water partition coefficient (Wildman–Crippen LogP) is 3.70. The van der Waals surface area contributed by atoms with Gasteiger partial charge in [-0.2, -0.15) is 0 Å². The number of thioether (sulfide) groups is 1. The summed E-state index contributed by atoms with van der Waals surface area (Å²) >= 11 is 1.18. The van der Waals surface area contributed by atoms with Gasteiger partial charge in [0.05, 0.1) is 17.2 Å². The van der Waals surface area contributed by atoms with Crippen LogP contribution in [0, 0.1) is 5.82 Å². The van der Waals surface area contributed by atoms with Crippen LogP contribution in [0.15, 0.2) is 48.5 Å². The lowest BCUT2D eigenvalue weighted by Gasteiger charge is -2.09. The van der Waals surface area contributed by atoms with E-state index >= 15 is 0 Å². The molecule has 2 amide bonds. The van der Waals surface area contributed by atoms with E-state index in [2.05, 4.69) is 10.6 Å². The molecule has 0 unspecified atom stereocenters. The molecule has 0 aliphatic carbocycles. The number of carbonyl (C=O) groups is 2. The molecule has 0 heterocycles. The van der Waals surface area contributed by atoms with Crippen LogP contribution in [0.3, 0.4) is 0 Å². The fourth-order valence-corrected chi connectivity index (χ4v) is 2.74. The van der Waals surface area contributed by atoms with Gasteiger partial charge in [-0.1, -0.05) is 37.3 Å². The summed E-state index contributed by atoms with van der Waals surface area (Å²) < 4.78 is 13.4. The van der Waals surface area contributed by atoms with E-state index in [9.17, 15) is 14.0 Å². The summed E-state index contributed by atoms with van der Waals surface area (Å²) in [5.74, 6) is -0.754. The molecule has 0 radical (unpaired) electrons. The third-order valence-corrected chi connectivity index (χ3v) is 4.22. The van der Waals surface area contributed by atoms with Crippen molar-refractivity contribution in [2.24, 2.45) is 0 Å². The summed E-state index contributed by atoms with van der Waals surface area (Å²) in [6.45, 7) is 2.02. The van der Waals surface area contributed by atoms with Gasteiger partial charge < -0.3 is 10.6 Å². The van der Waals surface area contributed by atoms with Crippen molar-refractivity contribution in [2.45, 2.75) is 13.3 Å². The van der Waals surface area contributed by atoms with E-state index in [1.165, 1.54) is 23.9 Å². The zero-order valence-corrected chi connectivity index (χ0v) is 14.2. The van der Waals surface area contributed by atoms with Crippen LogP contribution in [0.4, 0.5) is 15.8 Å². The number of hydrogen-bond acceptors (Lipinski definition) is 3. The molecule has 0 aromatic heterocycles. The van der Waals surface area contributed by atoms with E-state index in [0.717, 1.165) is 17.7 Å². The fraction of sp³-hybridized carbons (Fsp3) is 0.222. The number of hydrogen-bond donors (Lipinski definition) is 2. The van der Waals surface area contributed by atoms with Crippen molar-refractivity contribution >= 4 is 35.0 Å². The Bertz CT molecular complexity index is 722. The summed E-state index contributed by atoms with van der Waals surface area (Å²) in [5.41, 5.74) is 2.00. The van der Waals surface area contributed by atoms with Gasteiger partial charge in [-0.05, 0) is 30.2 Å². The molecule has 6 heteroatoms. The van der Waals surface area contributed by atoms with E-state index in [1.807, 2.05) is 31.2 Å². The fourth-order valence-electron chi connectivity index (χ4n) is 2.12. The monoisotopic (exact) mass is 346 g/mol. The number of halogens is 1. The second kappa shape index (κ2) is 9.08. The number of para-hydroxylation sites is 2. The Morgan fingerprint density at radius 1 is 0.917 bits per heavy atom. The van der Waals surface area contributed by atoms with Gasteiger partial charge in [-0.3, -0.25) is 9.59 Å². The van der Waals surface area contributed by atoms with E-state index in [1.54, 1.807) is 12.1 Å². The molecule has 0 fully saturated rings. The quantitative estimate of drug-likeness (QED) is 0.804. The molecule has 0 aliphatic rings. The van der Waals surface area contributed by atoms with Gasteiger partial charge in [0.15, 0.2) is 0 Å². The van der Waals surface area contributed by atoms with Gasteiger partial charge in [0, 0.05) is 5.69 Å². The van der Waals surface area contributed by atoms with Crippen molar-refractivity contribution in [2.75, 3.05) is 22.1 Å². The zero-order chi connectivity index (χ0) is 17.4. The highest BCUT2D eigenvalue weighted by Crippen LogP contribution is 2.16. The highest BCUT2D eigenvalue weighted by atomic mass is 32.2. The Balaban J connectivity index is 1.76. The molecule has 0 atom stereocenters. The maximum absolute atomic E-state index is 13.4. The Labute approximate surface area is 144 Å². The summed E-state index contributed by atoms with van der Waals surface area (Å²) in [6, 6.07) is 13.6. The summed E-state index contributed by atoms with van der Waals surface area (Å²) in [4.78, 5) is 23.7. The summed E-state index contributed by atoms with van der Waals surface area (Å²) in [7, 11) is 0. The first-order chi connectivity index (χ1) is 11.6. The standard InChI is InChI=1S/C18H19FN2O2S/c1-2-13-7-3-5-9-15(13)20-17(22)11-24-12-18(23)21-16-10-6-4-8-14(16)19/h3-10H,2,11-12H2,1H3,(H,20,22)(H,21,23). The van der Waals surface area contributed by atoms with E-state index < -0.39 is 5.82 Å². The molecule has 2 rings (SSSR count). The van der Waals surface area contributed by atoms with Crippen molar-refractivity contribution in [1.82, 2.24) is 0 Å². The van der Waals surface area contributed by atoms with Gasteiger partial charge in [0.2, 0.25) is 11.8 Å². The topological polar surface area (TPSA) is 58.2 Å². The van der Waals surface area contributed by atoms with Crippen molar-refractivity contribution in [1.29, 1.82) is 0 Å². The van der Waals surface area contributed by atoms with Gasteiger partial charge in [-0.15, -0.1) is 11.8 Å².